The summed E-state index contributed by atoms with van der Waals surface area (Å²) < 4.78 is 40.2. The van der Waals surface area contributed by atoms with E-state index >= 15 is 0 Å². The number of aliphatic hydroxyl groups excluding tert-OH is 1. The van der Waals surface area contributed by atoms with E-state index in [2.05, 4.69) is 4.72 Å². The summed E-state index contributed by atoms with van der Waals surface area (Å²) >= 11 is 5.83. The second-order valence-corrected chi connectivity index (χ2v) is 7.19. The van der Waals surface area contributed by atoms with Crippen molar-refractivity contribution >= 4 is 21.6 Å². The second kappa shape index (κ2) is 6.39. The average Bonchev–Trinajstić information content (AvgIpc) is 2.42. The van der Waals surface area contributed by atoms with Gasteiger partial charge in [0, 0.05) is 12.6 Å². The van der Waals surface area contributed by atoms with Crippen LogP contribution in [-0.4, -0.2) is 26.2 Å². The second-order valence-electron chi connectivity index (χ2n) is 5.10. The van der Waals surface area contributed by atoms with Crippen LogP contribution in [0.3, 0.4) is 0 Å². The largest absolute Gasteiger partial charge is 0.396 e. The average molecular weight is 322 g/mol. The Bertz CT molecular complexity index is 571. The minimum Gasteiger partial charge on any atom is -0.396 e. The van der Waals surface area contributed by atoms with Gasteiger partial charge < -0.3 is 5.11 Å². The predicted octanol–water partition coefficient (Wildman–Crippen LogP) is 2.31. The minimum atomic E-state index is -3.82. The van der Waals surface area contributed by atoms with E-state index in [1.54, 1.807) is 0 Å². The summed E-state index contributed by atoms with van der Waals surface area (Å²) in [6, 6.07) is 3.08. The predicted molar refractivity (Wildman–Crippen MR) is 74.6 cm³/mol. The van der Waals surface area contributed by atoms with E-state index in [4.69, 9.17) is 16.7 Å². The lowest BCUT2D eigenvalue weighted by molar-refractivity contribution is 0.180. The first-order chi connectivity index (χ1) is 9.42. The van der Waals surface area contributed by atoms with Crippen molar-refractivity contribution in [2.45, 2.75) is 36.6 Å². The van der Waals surface area contributed by atoms with Gasteiger partial charge >= 0.3 is 0 Å². The Labute approximate surface area is 123 Å². The Morgan fingerprint density at radius 3 is 2.55 bits per heavy atom. The van der Waals surface area contributed by atoms with Gasteiger partial charge in [0.05, 0.1) is 5.02 Å². The fourth-order valence-corrected chi connectivity index (χ4v) is 4.25. The molecule has 0 aromatic heterocycles. The smallest absolute Gasteiger partial charge is 0.242 e. The van der Waals surface area contributed by atoms with Gasteiger partial charge in [-0.05, 0) is 49.8 Å². The number of sulfonamides is 1. The third-order valence-electron chi connectivity index (χ3n) is 3.61. The van der Waals surface area contributed by atoms with Gasteiger partial charge in [-0.15, -0.1) is 0 Å². The van der Waals surface area contributed by atoms with E-state index < -0.39 is 15.8 Å². The van der Waals surface area contributed by atoms with Gasteiger partial charge in [0.25, 0.3) is 0 Å². The van der Waals surface area contributed by atoms with Crippen molar-refractivity contribution in [3.63, 3.8) is 0 Å². The number of benzene rings is 1. The molecule has 0 atom stereocenters. The normalized spacial score (nSPS) is 23.8. The van der Waals surface area contributed by atoms with Crippen molar-refractivity contribution < 1.29 is 17.9 Å². The molecule has 1 aromatic rings. The maximum atomic E-state index is 13.2. The van der Waals surface area contributed by atoms with Crippen LogP contribution in [-0.2, 0) is 10.0 Å². The maximum Gasteiger partial charge on any atom is 0.242 e. The molecule has 0 radical (unpaired) electrons. The van der Waals surface area contributed by atoms with Gasteiger partial charge in [0.15, 0.2) is 0 Å². The van der Waals surface area contributed by atoms with E-state index in [1.165, 1.54) is 6.07 Å². The standard InChI is InChI=1S/C13H17ClFNO3S/c14-12-6-3-10(15)7-13(12)20(18,19)16-11-4-1-9(8-17)2-5-11/h3,6-7,9,11,16-17H,1-2,4-5,8H2. The first kappa shape index (κ1) is 15.7. The molecule has 0 unspecified atom stereocenters. The third kappa shape index (κ3) is 3.69. The molecule has 0 spiro atoms. The van der Waals surface area contributed by atoms with Crippen molar-refractivity contribution in [1.82, 2.24) is 4.72 Å². The number of hydrogen-bond acceptors (Lipinski definition) is 3. The number of aliphatic hydroxyl groups is 1. The lowest BCUT2D eigenvalue weighted by atomic mass is 9.87. The van der Waals surface area contributed by atoms with Crippen LogP contribution in [0.2, 0.25) is 5.02 Å². The summed E-state index contributed by atoms with van der Waals surface area (Å²) in [4.78, 5) is -0.233. The summed E-state index contributed by atoms with van der Waals surface area (Å²) in [6.45, 7) is 0.134. The first-order valence-corrected chi connectivity index (χ1v) is 8.36. The summed E-state index contributed by atoms with van der Waals surface area (Å²) in [5.74, 6) is -0.396. The van der Waals surface area contributed by atoms with Crippen LogP contribution >= 0.6 is 11.6 Å². The van der Waals surface area contributed by atoms with Gasteiger partial charge in [0.2, 0.25) is 10.0 Å². The monoisotopic (exact) mass is 321 g/mol. The summed E-state index contributed by atoms with van der Waals surface area (Å²) in [5, 5.41) is 9.06. The quantitative estimate of drug-likeness (QED) is 0.894. The minimum absolute atomic E-state index is 0.00273. The van der Waals surface area contributed by atoms with Crippen molar-refractivity contribution in [3.05, 3.63) is 29.0 Å². The maximum absolute atomic E-state index is 13.2. The van der Waals surface area contributed by atoms with Crippen LogP contribution < -0.4 is 4.72 Å². The summed E-state index contributed by atoms with van der Waals surface area (Å²) in [6.07, 6.45) is 2.88. The van der Waals surface area contributed by atoms with E-state index in [0.717, 1.165) is 25.0 Å². The summed E-state index contributed by atoms with van der Waals surface area (Å²) in [5.41, 5.74) is 0. The molecule has 0 saturated heterocycles. The lowest BCUT2D eigenvalue weighted by Gasteiger charge is -2.27. The number of hydrogen-bond donors (Lipinski definition) is 2. The van der Waals surface area contributed by atoms with Crippen LogP contribution in [0.1, 0.15) is 25.7 Å². The molecule has 7 heteroatoms. The molecule has 1 fully saturated rings. The Kier molecular flexibility index (Phi) is 5.01. The third-order valence-corrected chi connectivity index (χ3v) is 5.61. The highest BCUT2D eigenvalue weighted by Crippen LogP contribution is 2.27. The van der Waals surface area contributed by atoms with E-state index in [0.29, 0.717) is 12.8 Å². The van der Waals surface area contributed by atoms with Crippen molar-refractivity contribution in [1.29, 1.82) is 0 Å². The SMILES string of the molecule is O=S(=O)(NC1CCC(CO)CC1)c1cc(F)ccc1Cl. The molecule has 0 heterocycles. The molecule has 0 amide bonds. The molecule has 4 nitrogen and oxygen atoms in total. The molecule has 2 N–H and O–H groups in total. The molecule has 1 aliphatic rings. The molecule has 1 aromatic carbocycles. The highest BCUT2D eigenvalue weighted by Gasteiger charge is 2.26. The molecule has 1 saturated carbocycles. The Morgan fingerprint density at radius 1 is 1.30 bits per heavy atom. The summed E-state index contributed by atoms with van der Waals surface area (Å²) in [7, 11) is -3.82. The van der Waals surface area contributed by atoms with Crippen molar-refractivity contribution in [2.24, 2.45) is 5.92 Å². The fraction of sp³-hybridized carbons (Fsp3) is 0.538. The van der Waals surface area contributed by atoms with E-state index in [9.17, 15) is 12.8 Å². The molecule has 0 bridgehead atoms. The Morgan fingerprint density at radius 2 is 1.95 bits per heavy atom. The Balaban J connectivity index is 2.10. The van der Waals surface area contributed by atoms with Gasteiger partial charge in [-0.1, -0.05) is 11.6 Å². The number of rotatable bonds is 4. The molecule has 112 valence electrons. The number of nitrogens with one attached hydrogen (secondary N) is 1. The zero-order chi connectivity index (χ0) is 14.8. The van der Waals surface area contributed by atoms with E-state index in [-0.39, 0.29) is 28.5 Å². The first-order valence-electron chi connectivity index (χ1n) is 6.50. The number of halogens is 2. The van der Waals surface area contributed by atoms with Crippen molar-refractivity contribution in [2.75, 3.05) is 6.61 Å². The topological polar surface area (TPSA) is 66.4 Å². The van der Waals surface area contributed by atoms with Crippen LogP contribution in [0, 0.1) is 11.7 Å². The van der Waals surface area contributed by atoms with Gasteiger partial charge in [-0.2, -0.15) is 0 Å². The zero-order valence-corrected chi connectivity index (χ0v) is 12.4. The molecule has 20 heavy (non-hydrogen) atoms. The highest BCUT2D eigenvalue weighted by molar-refractivity contribution is 7.89. The Hall–Kier alpha value is -0.690. The van der Waals surface area contributed by atoms with Crippen LogP contribution in [0.15, 0.2) is 23.1 Å². The van der Waals surface area contributed by atoms with Crippen molar-refractivity contribution in [3.8, 4) is 0 Å². The molecular formula is C13H17ClFNO3S. The van der Waals surface area contributed by atoms with Gasteiger partial charge in [0.1, 0.15) is 10.7 Å². The molecule has 1 aliphatic carbocycles. The highest BCUT2D eigenvalue weighted by atomic mass is 35.5. The fourth-order valence-electron chi connectivity index (χ4n) is 2.43. The van der Waals surface area contributed by atoms with E-state index in [1.807, 2.05) is 0 Å². The lowest BCUT2D eigenvalue weighted by Crippen LogP contribution is -2.38. The van der Waals surface area contributed by atoms with Gasteiger partial charge in [-0.3, -0.25) is 0 Å². The van der Waals surface area contributed by atoms with Crippen LogP contribution in [0.4, 0.5) is 4.39 Å². The molecule has 2 rings (SSSR count). The zero-order valence-electron chi connectivity index (χ0n) is 10.9. The van der Waals surface area contributed by atoms with Crippen LogP contribution in [0.5, 0.6) is 0 Å². The van der Waals surface area contributed by atoms with Crippen LogP contribution in [0.25, 0.3) is 0 Å². The molecular weight excluding hydrogens is 305 g/mol. The molecule has 0 aliphatic heterocycles. The van der Waals surface area contributed by atoms with Gasteiger partial charge in [-0.25, -0.2) is 17.5 Å².